The van der Waals surface area contributed by atoms with Gasteiger partial charge in [0.25, 0.3) is 0 Å². The Bertz CT molecular complexity index is 525. The van der Waals surface area contributed by atoms with Crippen molar-refractivity contribution in [3.05, 3.63) is 29.3 Å². The Morgan fingerprint density at radius 3 is 2.36 bits per heavy atom. The fraction of sp³-hybridized carbons (Fsp3) is 0.529. The first-order chi connectivity index (χ1) is 10.4. The van der Waals surface area contributed by atoms with Gasteiger partial charge in [-0.15, -0.1) is 0 Å². The molecule has 0 heterocycles. The maximum absolute atomic E-state index is 11.9. The monoisotopic (exact) mass is 306 g/mol. The zero-order valence-corrected chi connectivity index (χ0v) is 13.8. The molecule has 1 aromatic carbocycles. The molecule has 122 valence electrons. The zero-order chi connectivity index (χ0) is 16.7. The number of aliphatic hydroxyl groups excluding tert-OH is 1. The predicted molar refractivity (Wildman–Crippen MR) is 87.6 cm³/mol. The highest BCUT2D eigenvalue weighted by Gasteiger charge is 2.19. The minimum atomic E-state index is -0.731. The molecule has 0 aromatic heterocycles. The minimum absolute atomic E-state index is 0.0887. The van der Waals surface area contributed by atoms with Crippen LogP contribution in [0.2, 0.25) is 0 Å². The zero-order valence-electron chi connectivity index (χ0n) is 13.8. The molecule has 1 rings (SSSR count). The molecule has 3 N–H and O–H groups in total. The van der Waals surface area contributed by atoms with Crippen LogP contribution < -0.4 is 10.6 Å². The molecule has 22 heavy (non-hydrogen) atoms. The number of anilines is 1. The van der Waals surface area contributed by atoms with Crippen molar-refractivity contribution < 1.29 is 14.7 Å². The molecule has 5 heteroatoms. The molecule has 0 saturated heterocycles. The lowest BCUT2D eigenvalue weighted by Gasteiger charge is -2.20. The van der Waals surface area contributed by atoms with Gasteiger partial charge in [0.1, 0.15) is 0 Å². The minimum Gasteiger partial charge on any atom is -0.391 e. The van der Waals surface area contributed by atoms with Gasteiger partial charge in [-0.25, -0.2) is 0 Å². The SMILES string of the molecule is CCC(CC)C(O)CNC(=O)C(=O)Nc1cccc(C)c1C. The van der Waals surface area contributed by atoms with E-state index in [1.54, 1.807) is 6.07 Å². The summed E-state index contributed by atoms with van der Waals surface area (Å²) in [6, 6.07) is 5.52. The van der Waals surface area contributed by atoms with Crippen molar-refractivity contribution in [2.75, 3.05) is 11.9 Å². The number of rotatable bonds is 6. The van der Waals surface area contributed by atoms with Crippen LogP contribution in [0.3, 0.4) is 0 Å². The molecular formula is C17H26N2O3. The summed E-state index contributed by atoms with van der Waals surface area (Å²) in [6.45, 7) is 7.90. The number of aryl methyl sites for hydroxylation is 1. The van der Waals surface area contributed by atoms with E-state index in [2.05, 4.69) is 10.6 Å². The number of carbonyl (C=O) groups is 2. The lowest BCUT2D eigenvalue weighted by atomic mass is 9.96. The summed E-state index contributed by atoms with van der Waals surface area (Å²) in [6.07, 6.45) is 1.04. The normalized spacial score (nSPS) is 12.1. The lowest BCUT2D eigenvalue weighted by Crippen LogP contribution is -2.41. The van der Waals surface area contributed by atoms with Gasteiger partial charge in [-0.3, -0.25) is 9.59 Å². The van der Waals surface area contributed by atoms with E-state index < -0.39 is 17.9 Å². The van der Waals surface area contributed by atoms with Crippen LogP contribution in [-0.4, -0.2) is 29.6 Å². The molecule has 0 spiro atoms. The van der Waals surface area contributed by atoms with Gasteiger partial charge < -0.3 is 15.7 Å². The average Bonchev–Trinajstić information content (AvgIpc) is 2.50. The Kier molecular flexibility index (Phi) is 7.05. The molecule has 1 aromatic rings. The van der Waals surface area contributed by atoms with Gasteiger partial charge in [-0.05, 0) is 37.0 Å². The topological polar surface area (TPSA) is 78.4 Å². The lowest BCUT2D eigenvalue weighted by molar-refractivity contribution is -0.136. The van der Waals surface area contributed by atoms with Crippen molar-refractivity contribution >= 4 is 17.5 Å². The number of hydrogen-bond donors (Lipinski definition) is 3. The Morgan fingerprint density at radius 1 is 1.14 bits per heavy atom. The Labute approximate surface area is 132 Å². The third kappa shape index (κ3) is 4.84. The fourth-order valence-corrected chi connectivity index (χ4v) is 2.34. The Balaban J connectivity index is 2.56. The molecule has 0 aliphatic heterocycles. The summed E-state index contributed by atoms with van der Waals surface area (Å²) in [5.74, 6) is -1.32. The smallest absolute Gasteiger partial charge is 0.313 e. The summed E-state index contributed by atoms with van der Waals surface area (Å²) in [7, 11) is 0. The second-order valence-corrected chi connectivity index (χ2v) is 5.56. The van der Waals surface area contributed by atoms with Crippen LogP contribution >= 0.6 is 0 Å². The van der Waals surface area contributed by atoms with Crippen LogP contribution in [0.4, 0.5) is 5.69 Å². The number of benzene rings is 1. The first kappa shape index (κ1) is 18.2. The van der Waals surface area contributed by atoms with E-state index in [1.165, 1.54) is 0 Å². The quantitative estimate of drug-likeness (QED) is 0.705. The van der Waals surface area contributed by atoms with Gasteiger partial charge in [0, 0.05) is 12.2 Å². The maximum atomic E-state index is 11.9. The van der Waals surface area contributed by atoms with Crippen molar-refractivity contribution in [2.45, 2.75) is 46.6 Å². The number of hydrogen-bond acceptors (Lipinski definition) is 3. The van der Waals surface area contributed by atoms with E-state index >= 15 is 0 Å². The van der Waals surface area contributed by atoms with E-state index in [4.69, 9.17) is 0 Å². The summed E-state index contributed by atoms with van der Waals surface area (Å²) in [5, 5.41) is 15.0. The van der Waals surface area contributed by atoms with Crippen LogP contribution in [0.1, 0.15) is 37.8 Å². The van der Waals surface area contributed by atoms with Crippen molar-refractivity contribution in [1.82, 2.24) is 5.32 Å². The summed E-state index contributed by atoms with van der Waals surface area (Å²) < 4.78 is 0. The Morgan fingerprint density at radius 2 is 1.77 bits per heavy atom. The summed E-state index contributed by atoms with van der Waals surface area (Å²) in [4.78, 5) is 23.7. The van der Waals surface area contributed by atoms with Crippen molar-refractivity contribution in [2.24, 2.45) is 5.92 Å². The second kappa shape index (κ2) is 8.54. The van der Waals surface area contributed by atoms with Gasteiger partial charge in [0.15, 0.2) is 0 Å². The van der Waals surface area contributed by atoms with Crippen molar-refractivity contribution in [3.8, 4) is 0 Å². The standard InChI is InChI=1S/C17H26N2O3/c1-5-13(6-2)15(20)10-18-16(21)17(22)19-14-9-7-8-11(3)12(14)4/h7-9,13,15,20H,5-6,10H2,1-4H3,(H,18,21)(H,19,22). The molecule has 0 fully saturated rings. The molecule has 0 aliphatic carbocycles. The Hall–Kier alpha value is -1.88. The molecule has 0 bridgehead atoms. The molecule has 1 unspecified atom stereocenters. The number of carbonyl (C=O) groups excluding carboxylic acids is 2. The van der Waals surface area contributed by atoms with Gasteiger partial charge in [-0.2, -0.15) is 0 Å². The van der Waals surface area contributed by atoms with E-state index in [0.717, 1.165) is 24.0 Å². The van der Waals surface area contributed by atoms with Crippen molar-refractivity contribution in [1.29, 1.82) is 0 Å². The van der Waals surface area contributed by atoms with E-state index in [1.807, 2.05) is 39.8 Å². The highest BCUT2D eigenvalue weighted by atomic mass is 16.3. The van der Waals surface area contributed by atoms with Gasteiger partial charge in [0.2, 0.25) is 0 Å². The molecule has 0 aliphatic rings. The highest BCUT2D eigenvalue weighted by Crippen LogP contribution is 2.17. The van der Waals surface area contributed by atoms with Crippen LogP contribution in [0.25, 0.3) is 0 Å². The van der Waals surface area contributed by atoms with Gasteiger partial charge in [-0.1, -0.05) is 38.8 Å². The van der Waals surface area contributed by atoms with E-state index in [-0.39, 0.29) is 12.5 Å². The van der Waals surface area contributed by atoms with Crippen LogP contribution in [-0.2, 0) is 9.59 Å². The average molecular weight is 306 g/mol. The molecule has 2 amide bonds. The molecule has 1 atom stereocenters. The fourth-order valence-electron chi connectivity index (χ4n) is 2.34. The van der Waals surface area contributed by atoms with Crippen LogP contribution in [0, 0.1) is 19.8 Å². The van der Waals surface area contributed by atoms with Crippen LogP contribution in [0.15, 0.2) is 18.2 Å². The third-order valence-corrected chi connectivity index (χ3v) is 4.12. The number of amides is 2. The largest absolute Gasteiger partial charge is 0.391 e. The highest BCUT2D eigenvalue weighted by molar-refractivity contribution is 6.39. The molecule has 5 nitrogen and oxygen atoms in total. The molecule has 0 radical (unpaired) electrons. The van der Waals surface area contributed by atoms with Crippen molar-refractivity contribution in [3.63, 3.8) is 0 Å². The first-order valence-electron chi connectivity index (χ1n) is 7.74. The maximum Gasteiger partial charge on any atom is 0.313 e. The van der Waals surface area contributed by atoms with Gasteiger partial charge in [0.05, 0.1) is 6.10 Å². The first-order valence-corrected chi connectivity index (χ1v) is 7.74. The number of aliphatic hydroxyl groups is 1. The molecule has 0 saturated carbocycles. The predicted octanol–water partition coefficient (Wildman–Crippen LogP) is 2.16. The number of nitrogens with one attached hydrogen (secondary N) is 2. The van der Waals surface area contributed by atoms with Crippen LogP contribution in [0.5, 0.6) is 0 Å². The summed E-state index contributed by atoms with van der Waals surface area (Å²) >= 11 is 0. The van der Waals surface area contributed by atoms with Gasteiger partial charge >= 0.3 is 11.8 Å². The van der Waals surface area contributed by atoms with E-state index in [0.29, 0.717) is 5.69 Å². The third-order valence-electron chi connectivity index (χ3n) is 4.12. The second-order valence-electron chi connectivity index (χ2n) is 5.56. The van der Waals surface area contributed by atoms with E-state index in [9.17, 15) is 14.7 Å². The summed E-state index contributed by atoms with van der Waals surface area (Å²) in [5.41, 5.74) is 2.60. The molecular weight excluding hydrogens is 280 g/mol.